The van der Waals surface area contributed by atoms with E-state index in [-0.39, 0.29) is 18.1 Å². The Morgan fingerprint density at radius 1 is 1.40 bits per heavy atom. The molecule has 0 spiro atoms. The van der Waals surface area contributed by atoms with E-state index in [1.54, 1.807) is 36.2 Å². The van der Waals surface area contributed by atoms with Crippen LogP contribution in [0.15, 0.2) is 29.3 Å². The number of rotatable bonds is 5. The number of methoxy groups -OCH3 is 1. The minimum absolute atomic E-state index is 0.0394. The molecule has 0 unspecified atom stereocenters. The van der Waals surface area contributed by atoms with E-state index >= 15 is 0 Å². The third-order valence-electron chi connectivity index (χ3n) is 3.64. The lowest BCUT2D eigenvalue weighted by atomic mass is 9.97. The summed E-state index contributed by atoms with van der Waals surface area (Å²) < 4.78 is 6.70. The lowest BCUT2D eigenvalue weighted by Crippen LogP contribution is -2.28. The monoisotopic (exact) mass is 276 g/mol. The average Bonchev–Trinajstić information content (AvgIpc) is 2.46. The lowest BCUT2D eigenvalue weighted by molar-refractivity contribution is 0.171. The van der Waals surface area contributed by atoms with Gasteiger partial charge in [0, 0.05) is 19.1 Å². The molecule has 0 fully saturated rings. The van der Waals surface area contributed by atoms with E-state index in [1.807, 2.05) is 13.8 Å². The normalized spacial score (nSPS) is 12.8. The molecular weight excluding hydrogens is 256 g/mol. The Labute approximate surface area is 117 Å². The van der Waals surface area contributed by atoms with Gasteiger partial charge in [0.25, 0.3) is 5.56 Å². The van der Waals surface area contributed by atoms with Crippen molar-refractivity contribution in [3.05, 3.63) is 34.9 Å². The van der Waals surface area contributed by atoms with Crippen LogP contribution in [0.4, 0.5) is 0 Å². The molecule has 5 nitrogen and oxygen atoms in total. The van der Waals surface area contributed by atoms with E-state index in [1.165, 1.54) is 0 Å². The van der Waals surface area contributed by atoms with Crippen molar-refractivity contribution < 1.29 is 9.84 Å². The highest BCUT2D eigenvalue weighted by Gasteiger charge is 2.15. The van der Waals surface area contributed by atoms with Gasteiger partial charge >= 0.3 is 0 Å². The molecule has 0 radical (unpaired) electrons. The quantitative estimate of drug-likeness (QED) is 0.902. The van der Waals surface area contributed by atoms with Gasteiger partial charge in [-0.3, -0.25) is 9.36 Å². The molecule has 108 valence electrons. The molecule has 5 heteroatoms. The Hall–Kier alpha value is -1.88. The van der Waals surface area contributed by atoms with E-state index in [9.17, 15) is 9.90 Å². The van der Waals surface area contributed by atoms with Crippen LogP contribution < -0.4 is 10.3 Å². The van der Waals surface area contributed by atoms with Crippen LogP contribution in [0.3, 0.4) is 0 Å². The van der Waals surface area contributed by atoms with E-state index < -0.39 is 0 Å². The number of fused-ring (bicyclic) bond motifs is 1. The van der Waals surface area contributed by atoms with E-state index in [2.05, 4.69) is 4.98 Å². The van der Waals surface area contributed by atoms with Crippen LogP contribution >= 0.6 is 0 Å². The first-order valence-electron chi connectivity index (χ1n) is 6.71. The number of aromatic nitrogens is 2. The summed E-state index contributed by atoms with van der Waals surface area (Å²) in [4.78, 5) is 16.7. The zero-order chi connectivity index (χ0) is 14.7. The summed E-state index contributed by atoms with van der Waals surface area (Å²) in [6, 6.07) is 5.25. The predicted octanol–water partition coefficient (Wildman–Crippen LogP) is 1.67. The second-order valence-electron chi connectivity index (χ2n) is 5.27. The number of aliphatic hydroxyl groups excluding tert-OH is 1. The van der Waals surface area contributed by atoms with Crippen molar-refractivity contribution in [1.29, 1.82) is 0 Å². The van der Waals surface area contributed by atoms with E-state index in [4.69, 9.17) is 4.74 Å². The second kappa shape index (κ2) is 6.05. The molecule has 1 N–H and O–H groups in total. The summed E-state index contributed by atoms with van der Waals surface area (Å²) in [5.74, 6) is 0.974. The van der Waals surface area contributed by atoms with Crippen molar-refractivity contribution in [2.45, 2.75) is 20.4 Å². The van der Waals surface area contributed by atoms with Crippen molar-refractivity contribution in [3.63, 3.8) is 0 Å². The van der Waals surface area contributed by atoms with Crippen LogP contribution in [0.2, 0.25) is 0 Å². The second-order valence-corrected chi connectivity index (χ2v) is 5.27. The molecule has 2 aromatic rings. The molecule has 2 rings (SSSR count). The molecule has 20 heavy (non-hydrogen) atoms. The molecule has 0 aliphatic rings. The molecule has 1 heterocycles. The van der Waals surface area contributed by atoms with Crippen molar-refractivity contribution in [2.24, 2.45) is 11.8 Å². The van der Waals surface area contributed by atoms with Gasteiger partial charge in [0.15, 0.2) is 0 Å². The number of nitrogens with zero attached hydrogens (tertiary/aromatic N) is 2. The smallest absolute Gasteiger partial charge is 0.261 e. The standard InChI is InChI=1S/C15H20N2O3/c1-10(2)11(8-18)7-17-9-16-14-5-4-12(20-3)6-13(14)15(17)19/h4-6,9-11,18H,7-8H2,1-3H3/t11-/m1/s1. The summed E-state index contributed by atoms with van der Waals surface area (Å²) in [6.07, 6.45) is 1.54. The molecule has 0 bridgehead atoms. The molecular formula is C15H20N2O3. The zero-order valence-corrected chi connectivity index (χ0v) is 12.0. The van der Waals surface area contributed by atoms with Gasteiger partial charge in [0.05, 0.1) is 24.3 Å². The van der Waals surface area contributed by atoms with E-state index in [0.717, 1.165) is 0 Å². The molecule has 0 amide bonds. The largest absolute Gasteiger partial charge is 0.497 e. The first kappa shape index (κ1) is 14.5. The van der Waals surface area contributed by atoms with Crippen LogP contribution in [0.1, 0.15) is 13.8 Å². The maximum absolute atomic E-state index is 12.5. The number of hydrogen-bond acceptors (Lipinski definition) is 4. The topological polar surface area (TPSA) is 64.3 Å². The fraction of sp³-hybridized carbons (Fsp3) is 0.467. The number of aliphatic hydroxyl groups is 1. The minimum atomic E-state index is -0.104. The predicted molar refractivity (Wildman–Crippen MR) is 78.0 cm³/mol. The average molecular weight is 276 g/mol. The summed E-state index contributed by atoms with van der Waals surface area (Å²) in [6.45, 7) is 4.58. The van der Waals surface area contributed by atoms with Gasteiger partial charge in [0.1, 0.15) is 5.75 Å². The Morgan fingerprint density at radius 2 is 2.15 bits per heavy atom. The van der Waals surface area contributed by atoms with Crippen molar-refractivity contribution in [3.8, 4) is 5.75 Å². The molecule has 1 atom stereocenters. The van der Waals surface area contributed by atoms with Crippen LogP contribution in [-0.2, 0) is 6.54 Å². The highest BCUT2D eigenvalue weighted by atomic mass is 16.5. The third-order valence-corrected chi connectivity index (χ3v) is 3.64. The van der Waals surface area contributed by atoms with Gasteiger partial charge in [-0.2, -0.15) is 0 Å². The molecule has 0 aliphatic carbocycles. The van der Waals surface area contributed by atoms with Crippen molar-refractivity contribution >= 4 is 10.9 Å². The first-order chi connectivity index (χ1) is 9.56. The van der Waals surface area contributed by atoms with Gasteiger partial charge in [-0.25, -0.2) is 4.98 Å². The Kier molecular flexibility index (Phi) is 4.39. The number of ether oxygens (including phenoxy) is 1. The fourth-order valence-corrected chi connectivity index (χ4v) is 2.13. The molecule has 1 aromatic heterocycles. The lowest BCUT2D eigenvalue weighted by Gasteiger charge is -2.19. The summed E-state index contributed by atoms with van der Waals surface area (Å²) in [7, 11) is 1.57. The van der Waals surface area contributed by atoms with Gasteiger partial charge in [0.2, 0.25) is 0 Å². The molecule has 0 saturated heterocycles. The van der Waals surface area contributed by atoms with Crippen LogP contribution in [0.25, 0.3) is 10.9 Å². The maximum Gasteiger partial charge on any atom is 0.261 e. The molecule has 1 aromatic carbocycles. The first-order valence-corrected chi connectivity index (χ1v) is 6.71. The van der Waals surface area contributed by atoms with Gasteiger partial charge in [-0.05, 0) is 24.1 Å². The Bertz CT molecular complexity index is 649. The third kappa shape index (κ3) is 2.82. The van der Waals surface area contributed by atoms with Crippen molar-refractivity contribution in [1.82, 2.24) is 9.55 Å². The number of hydrogen-bond donors (Lipinski definition) is 1. The summed E-state index contributed by atoms with van der Waals surface area (Å²) in [5.41, 5.74) is 0.546. The Balaban J connectivity index is 2.45. The maximum atomic E-state index is 12.5. The summed E-state index contributed by atoms with van der Waals surface area (Å²) in [5, 5.41) is 9.92. The highest BCUT2D eigenvalue weighted by Crippen LogP contribution is 2.17. The fourth-order valence-electron chi connectivity index (χ4n) is 2.13. The van der Waals surface area contributed by atoms with Gasteiger partial charge in [-0.1, -0.05) is 13.8 Å². The van der Waals surface area contributed by atoms with Crippen LogP contribution in [0, 0.1) is 11.8 Å². The van der Waals surface area contributed by atoms with Gasteiger partial charge in [-0.15, -0.1) is 0 Å². The van der Waals surface area contributed by atoms with Gasteiger partial charge < -0.3 is 9.84 Å². The SMILES string of the molecule is COc1ccc2ncn(C[C@H](CO)C(C)C)c(=O)c2c1. The van der Waals surface area contributed by atoms with Crippen LogP contribution in [0.5, 0.6) is 5.75 Å². The van der Waals surface area contributed by atoms with Crippen molar-refractivity contribution in [2.75, 3.05) is 13.7 Å². The highest BCUT2D eigenvalue weighted by molar-refractivity contribution is 5.78. The minimum Gasteiger partial charge on any atom is -0.497 e. The zero-order valence-electron chi connectivity index (χ0n) is 12.0. The molecule has 0 saturated carbocycles. The Morgan fingerprint density at radius 3 is 2.75 bits per heavy atom. The van der Waals surface area contributed by atoms with E-state index in [0.29, 0.717) is 29.1 Å². The molecule has 0 aliphatic heterocycles. The van der Waals surface area contributed by atoms with Crippen LogP contribution in [-0.4, -0.2) is 28.4 Å². The number of benzene rings is 1. The summed E-state index contributed by atoms with van der Waals surface area (Å²) >= 11 is 0.